The fourth-order valence-electron chi connectivity index (χ4n) is 2.74. The molecule has 0 fully saturated rings. The predicted molar refractivity (Wildman–Crippen MR) is 117 cm³/mol. The molecule has 2 aromatic rings. The maximum Gasteiger partial charge on any atom is 0.338 e. The first-order chi connectivity index (χ1) is 14.6. The summed E-state index contributed by atoms with van der Waals surface area (Å²) >= 11 is 0. The fraction of sp³-hybridized carbons (Fsp3) is 0.280. The van der Waals surface area contributed by atoms with Gasteiger partial charge in [0.05, 0.1) is 18.8 Å². The molecule has 0 spiro atoms. The second-order valence-electron chi connectivity index (χ2n) is 6.62. The molecule has 0 atom stereocenters. The van der Waals surface area contributed by atoms with Gasteiger partial charge < -0.3 is 14.2 Å². The molecule has 0 aliphatic carbocycles. The molecule has 0 radical (unpaired) electrons. The minimum absolute atomic E-state index is 0.202. The summed E-state index contributed by atoms with van der Waals surface area (Å²) in [6, 6.07) is 15.2. The summed E-state index contributed by atoms with van der Waals surface area (Å²) in [6.07, 6.45) is 6.52. The van der Waals surface area contributed by atoms with Crippen LogP contribution in [0.15, 0.2) is 73.8 Å². The lowest BCUT2D eigenvalue weighted by atomic mass is 10.0. The van der Waals surface area contributed by atoms with Crippen molar-refractivity contribution in [1.29, 1.82) is 0 Å². The van der Waals surface area contributed by atoms with Crippen LogP contribution in [0.4, 0.5) is 0 Å². The Bertz CT molecular complexity index is 822. The third kappa shape index (κ3) is 7.95. The second kappa shape index (κ2) is 13.0. The zero-order valence-corrected chi connectivity index (χ0v) is 17.2. The highest BCUT2D eigenvalue weighted by Gasteiger charge is 2.07. The van der Waals surface area contributed by atoms with Crippen LogP contribution in [-0.2, 0) is 14.3 Å². The lowest BCUT2D eigenvalue weighted by Crippen LogP contribution is -2.04. The SMILES string of the molecule is C=CCOC(=O)c1ccc(-c2ccc(OCCCCCCOC(=O)C=C)cc2)cc1. The summed E-state index contributed by atoms with van der Waals surface area (Å²) < 4.78 is 15.7. The van der Waals surface area contributed by atoms with Gasteiger partial charge in [0.15, 0.2) is 0 Å². The van der Waals surface area contributed by atoms with Gasteiger partial charge in [-0.25, -0.2) is 9.59 Å². The van der Waals surface area contributed by atoms with E-state index in [1.807, 2.05) is 36.4 Å². The number of carbonyl (C=O) groups excluding carboxylic acids is 2. The quantitative estimate of drug-likeness (QED) is 0.193. The van der Waals surface area contributed by atoms with Gasteiger partial charge in [-0.3, -0.25) is 0 Å². The van der Waals surface area contributed by atoms with Crippen LogP contribution in [0.2, 0.25) is 0 Å². The van der Waals surface area contributed by atoms with Crippen LogP contribution < -0.4 is 4.74 Å². The molecule has 0 heterocycles. The van der Waals surface area contributed by atoms with Crippen molar-refractivity contribution in [2.75, 3.05) is 19.8 Å². The standard InChI is InChI=1S/C25H28O5/c1-3-17-30-25(27)22-11-9-20(10-12-22)21-13-15-23(16-14-21)28-18-7-5-6-8-19-29-24(26)4-2/h3-4,9-16H,1-2,5-8,17-19H2. The van der Waals surface area contributed by atoms with Gasteiger partial charge in [-0.05, 0) is 61.1 Å². The van der Waals surface area contributed by atoms with Gasteiger partial charge in [0.25, 0.3) is 0 Å². The first-order valence-corrected chi connectivity index (χ1v) is 10.0. The molecule has 0 saturated heterocycles. The Kier molecular flexibility index (Phi) is 9.93. The summed E-state index contributed by atoms with van der Waals surface area (Å²) in [5.41, 5.74) is 2.57. The molecular weight excluding hydrogens is 380 g/mol. The molecule has 0 aliphatic rings. The average Bonchev–Trinajstić information content (AvgIpc) is 2.79. The second-order valence-corrected chi connectivity index (χ2v) is 6.62. The van der Waals surface area contributed by atoms with Gasteiger partial charge >= 0.3 is 11.9 Å². The molecule has 30 heavy (non-hydrogen) atoms. The molecule has 0 amide bonds. The van der Waals surface area contributed by atoms with Crippen LogP contribution in [0, 0.1) is 0 Å². The van der Waals surface area contributed by atoms with Crippen molar-refractivity contribution in [3.05, 3.63) is 79.4 Å². The van der Waals surface area contributed by atoms with Crippen molar-refractivity contribution >= 4 is 11.9 Å². The summed E-state index contributed by atoms with van der Waals surface area (Å²) in [5.74, 6) is 0.0926. The largest absolute Gasteiger partial charge is 0.494 e. The Labute approximate surface area is 178 Å². The molecule has 2 rings (SSSR count). The van der Waals surface area contributed by atoms with E-state index in [-0.39, 0.29) is 18.5 Å². The van der Waals surface area contributed by atoms with Gasteiger partial charge in [0.2, 0.25) is 0 Å². The average molecular weight is 408 g/mol. The van der Waals surface area contributed by atoms with Gasteiger partial charge in [-0.2, -0.15) is 0 Å². The lowest BCUT2D eigenvalue weighted by molar-refractivity contribution is -0.137. The van der Waals surface area contributed by atoms with Crippen LogP contribution in [-0.4, -0.2) is 31.8 Å². The zero-order chi connectivity index (χ0) is 21.6. The maximum absolute atomic E-state index is 11.8. The van der Waals surface area contributed by atoms with E-state index in [9.17, 15) is 9.59 Å². The Balaban J connectivity index is 1.71. The van der Waals surface area contributed by atoms with Crippen LogP contribution >= 0.6 is 0 Å². The van der Waals surface area contributed by atoms with Gasteiger partial charge in [-0.15, -0.1) is 0 Å². The van der Waals surface area contributed by atoms with Crippen LogP contribution in [0.5, 0.6) is 5.75 Å². The number of rotatable bonds is 13. The number of benzene rings is 2. The summed E-state index contributed by atoms with van der Waals surface area (Å²) in [5, 5.41) is 0. The van der Waals surface area contributed by atoms with Gasteiger partial charge in [0, 0.05) is 6.08 Å². The number of hydrogen-bond donors (Lipinski definition) is 0. The Morgan fingerprint density at radius 2 is 1.37 bits per heavy atom. The monoisotopic (exact) mass is 408 g/mol. The third-order valence-electron chi connectivity index (χ3n) is 4.36. The van der Waals surface area contributed by atoms with E-state index in [0.29, 0.717) is 18.8 Å². The lowest BCUT2D eigenvalue weighted by Gasteiger charge is -2.08. The Morgan fingerprint density at radius 1 is 0.767 bits per heavy atom. The molecule has 2 aromatic carbocycles. The van der Waals surface area contributed by atoms with Gasteiger partial charge in [0.1, 0.15) is 12.4 Å². The van der Waals surface area contributed by atoms with E-state index >= 15 is 0 Å². The summed E-state index contributed by atoms with van der Waals surface area (Å²) in [7, 11) is 0. The van der Waals surface area contributed by atoms with E-state index in [2.05, 4.69) is 13.2 Å². The van der Waals surface area contributed by atoms with E-state index in [1.54, 1.807) is 18.2 Å². The van der Waals surface area contributed by atoms with Gasteiger partial charge in [-0.1, -0.05) is 43.5 Å². The van der Waals surface area contributed by atoms with Crippen LogP contribution in [0.1, 0.15) is 36.0 Å². The third-order valence-corrected chi connectivity index (χ3v) is 4.36. The van der Waals surface area contributed by atoms with E-state index in [1.165, 1.54) is 6.08 Å². The highest BCUT2D eigenvalue weighted by atomic mass is 16.5. The summed E-state index contributed by atoms with van der Waals surface area (Å²) in [6.45, 7) is 8.17. The number of carbonyl (C=O) groups is 2. The molecule has 5 heteroatoms. The Hall–Kier alpha value is -3.34. The zero-order valence-electron chi connectivity index (χ0n) is 17.2. The topological polar surface area (TPSA) is 61.8 Å². The molecule has 158 valence electrons. The van der Waals surface area contributed by atoms with Crippen molar-refractivity contribution in [1.82, 2.24) is 0 Å². The first-order valence-electron chi connectivity index (χ1n) is 10.0. The normalized spacial score (nSPS) is 10.1. The smallest absolute Gasteiger partial charge is 0.338 e. The maximum atomic E-state index is 11.8. The van der Waals surface area contributed by atoms with E-state index in [0.717, 1.165) is 42.6 Å². The van der Waals surface area contributed by atoms with Crippen LogP contribution in [0.25, 0.3) is 11.1 Å². The first kappa shape index (κ1) is 22.9. The highest BCUT2D eigenvalue weighted by molar-refractivity contribution is 5.90. The van der Waals surface area contributed by atoms with Crippen molar-refractivity contribution in [3.8, 4) is 16.9 Å². The van der Waals surface area contributed by atoms with Crippen molar-refractivity contribution < 1.29 is 23.8 Å². The molecule has 0 unspecified atom stereocenters. The minimum atomic E-state index is -0.372. The molecule has 0 N–H and O–H groups in total. The van der Waals surface area contributed by atoms with E-state index < -0.39 is 0 Å². The number of hydrogen-bond acceptors (Lipinski definition) is 5. The highest BCUT2D eigenvalue weighted by Crippen LogP contribution is 2.23. The predicted octanol–water partition coefficient (Wildman–Crippen LogP) is 5.36. The molecule has 0 bridgehead atoms. The van der Waals surface area contributed by atoms with E-state index in [4.69, 9.17) is 14.2 Å². The molecule has 0 saturated carbocycles. The number of unbranched alkanes of at least 4 members (excludes halogenated alkanes) is 3. The molecule has 0 aliphatic heterocycles. The number of esters is 2. The molecular formula is C25H28O5. The molecule has 5 nitrogen and oxygen atoms in total. The number of ether oxygens (including phenoxy) is 3. The Morgan fingerprint density at radius 3 is 1.97 bits per heavy atom. The fourth-order valence-corrected chi connectivity index (χ4v) is 2.74. The summed E-state index contributed by atoms with van der Waals surface area (Å²) in [4.78, 5) is 22.7. The minimum Gasteiger partial charge on any atom is -0.494 e. The van der Waals surface area contributed by atoms with Crippen LogP contribution in [0.3, 0.4) is 0 Å². The molecule has 0 aromatic heterocycles. The van der Waals surface area contributed by atoms with Crippen molar-refractivity contribution in [2.45, 2.75) is 25.7 Å². The van der Waals surface area contributed by atoms with Crippen molar-refractivity contribution in [3.63, 3.8) is 0 Å². The van der Waals surface area contributed by atoms with Crippen molar-refractivity contribution in [2.24, 2.45) is 0 Å².